The van der Waals surface area contributed by atoms with Crippen molar-refractivity contribution in [3.63, 3.8) is 0 Å². The van der Waals surface area contributed by atoms with Crippen molar-refractivity contribution in [3.8, 4) is 0 Å². The number of hydrogen-bond donors (Lipinski definition) is 1. The van der Waals surface area contributed by atoms with Gasteiger partial charge in [-0.1, -0.05) is 0 Å². The van der Waals surface area contributed by atoms with Crippen LogP contribution in [0.5, 0.6) is 0 Å². The van der Waals surface area contributed by atoms with Crippen molar-refractivity contribution in [1.29, 1.82) is 0 Å². The average Bonchev–Trinajstić information content (AvgIpc) is 2.61. The molecule has 2 aliphatic rings. The lowest BCUT2D eigenvalue weighted by Crippen LogP contribution is -2.23. The van der Waals surface area contributed by atoms with E-state index in [0.29, 0.717) is 5.41 Å². The van der Waals surface area contributed by atoms with Gasteiger partial charge in [0.15, 0.2) is 0 Å². The Bertz CT molecular complexity index is 229. The maximum absolute atomic E-state index is 10.8. The lowest BCUT2D eigenvalue weighted by molar-refractivity contribution is -0.141. The topological polar surface area (TPSA) is 40.5 Å². The van der Waals surface area contributed by atoms with Crippen molar-refractivity contribution in [2.45, 2.75) is 25.7 Å². The molecule has 0 aromatic carbocycles. The molecule has 1 spiro atoms. The molecule has 13 heavy (non-hydrogen) atoms. The maximum atomic E-state index is 10.8. The predicted octanol–water partition coefficient (Wildman–Crippen LogP) is 1.19. The van der Waals surface area contributed by atoms with Gasteiger partial charge in [0.2, 0.25) is 0 Å². The van der Waals surface area contributed by atoms with Crippen molar-refractivity contribution in [2.75, 3.05) is 20.1 Å². The van der Waals surface area contributed by atoms with Crippen LogP contribution in [0.15, 0.2) is 0 Å². The quantitative estimate of drug-likeness (QED) is 0.664. The van der Waals surface area contributed by atoms with Gasteiger partial charge in [-0.25, -0.2) is 0 Å². The molecule has 1 saturated carbocycles. The summed E-state index contributed by atoms with van der Waals surface area (Å²) in [7, 11) is 2.13. The Morgan fingerprint density at radius 2 is 2.31 bits per heavy atom. The molecule has 1 N–H and O–H groups in total. The molecule has 0 aromatic heterocycles. The van der Waals surface area contributed by atoms with Gasteiger partial charge in [0.25, 0.3) is 0 Å². The third-order valence-corrected chi connectivity index (χ3v) is 3.68. The molecule has 2 fully saturated rings. The van der Waals surface area contributed by atoms with E-state index in [1.807, 2.05) is 0 Å². The minimum absolute atomic E-state index is 0.0634. The molecule has 1 aliphatic carbocycles. The second-order valence-electron chi connectivity index (χ2n) is 4.77. The molecule has 3 nitrogen and oxygen atoms in total. The smallest absolute Gasteiger partial charge is 0.306 e. The van der Waals surface area contributed by atoms with Gasteiger partial charge in [-0.15, -0.1) is 0 Å². The van der Waals surface area contributed by atoms with Crippen LogP contribution in [-0.2, 0) is 4.79 Å². The van der Waals surface area contributed by atoms with Crippen LogP contribution in [-0.4, -0.2) is 36.1 Å². The Morgan fingerprint density at radius 1 is 1.54 bits per heavy atom. The minimum atomic E-state index is -0.591. The Morgan fingerprint density at radius 3 is 2.77 bits per heavy atom. The van der Waals surface area contributed by atoms with Crippen molar-refractivity contribution in [3.05, 3.63) is 0 Å². The largest absolute Gasteiger partial charge is 0.481 e. The molecule has 0 radical (unpaired) electrons. The number of carboxylic acids is 1. The van der Waals surface area contributed by atoms with E-state index in [2.05, 4.69) is 11.9 Å². The summed E-state index contributed by atoms with van der Waals surface area (Å²) in [6, 6.07) is 0. The fourth-order valence-electron chi connectivity index (χ4n) is 2.95. The standard InChI is InChI=1S/C10H17NO2/c1-11-5-4-10(7-11)3-2-8(6-10)9(12)13/h8H,2-7H2,1H3,(H,12,13)/t8-,10+/m0/s1. The van der Waals surface area contributed by atoms with Crippen molar-refractivity contribution in [1.82, 2.24) is 4.90 Å². The normalized spacial score (nSPS) is 40.2. The zero-order valence-electron chi connectivity index (χ0n) is 8.12. The van der Waals surface area contributed by atoms with Crippen LogP contribution in [0, 0.1) is 11.3 Å². The molecule has 2 rings (SSSR count). The van der Waals surface area contributed by atoms with E-state index in [4.69, 9.17) is 5.11 Å². The van der Waals surface area contributed by atoms with Gasteiger partial charge in [0.05, 0.1) is 5.92 Å². The van der Waals surface area contributed by atoms with E-state index in [1.165, 1.54) is 6.42 Å². The average molecular weight is 183 g/mol. The summed E-state index contributed by atoms with van der Waals surface area (Å²) in [6.07, 6.45) is 4.12. The lowest BCUT2D eigenvalue weighted by Gasteiger charge is -2.22. The molecule has 3 heteroatoms. The summed E-state index contributed by atoms with van der Waals surface area (Å²) in [5, 5.41) is 8.91. The molecular formula is C10H17NO2. The first kappa shape index (κ1) is 9.00. The van der Waals surface area contributed by atoms with E-state index in [-0.39, 0.29) is 5.92 Å². The van der Waals surface area contributed by atoms with Crippen molar-refractivity contribution in [2.24, 2.45) is 11.3 Å². The van der Waals surface area contributed by atoms with Crippen LogP contribution in [0.1, 0.15) is 25.7 Å². The lowest BCUT2D eigenvalue weighted by atomic mass is 9.84. The zero-order valence-corrected chi connectivity index (χ0v) is 8.12. The Balaban J connectivity index is 2.01. The molecule has 2 atom stereocenters. The first-order valence-corrected chi connectivity index (χ1v) is 5.03. The molecule has 1 aliphatic heterocycles. The van der Waals surface area contributed by atoms with Gasteiger partial charge in [-0.3, -0.25) is 4.79 Å². The van der Waals surface area contributed by atoms with Gasteiger partial charge in [-0.2, -0.15) is 0 Å². The molecule has 74 valence electrons. The van der Waals surface area contributed by atoms with E-state index in [0.717, 1.165) is 32.4 Å². The summed E-state index contributed by atoms with van der Waals surface area (Å²) < 4.78 is 0. The minimum Gasteiger partial charge on any atom is -0.481 e. The maximum Gasteiger partial charge on any atom is 0.306 e. The first-order chi connectivity index (χ1) is 6.11. The second kappa shape index (κ2) is 2.98. The third-order valence-electron chi connectivity index (χ3n) is 3.68. The second-order valence-corrected chi connectivity index (χ2v) is 4.77. The highest BCUT2D eigenvalue weighted by Crippen LogP contribution is 2.47. The molecule has 0 aromatic rings. The van der Waals surface area contributed by atoms with E-state index in [9.17, 15) is 4.79 Å². The number of likely N-dealkylation sites (tertiary alicyclic amines) is 1. The number of nitrogens with zero attached hydrogens (tertiary/aromatic N) is 1. The van der Waals surface area contributed by atoms with Crippen molar-refractivity contribution >= 4 is 5.97 Å². The van der Waals surface area contributed by atoms with Gasteiger partial charge < -0.3 is 10.0 Å². The number of rotatable bonds is 1. The molecule has 1 heterocycles. The summed E-state index contributed by atoms with van der Waals surface area (Å²) >= 11 is 0. The van der Waals surface area contributed by atoms with Gasteiger partial charge in [0, 0.05) is 6.54 Å². The van der Waals surface area contributed by atoms with Crippen LogP contribution < -0.4 is 0 Å². The summed E-state index contributed by atoms with van der Waals surface area (Å²) in [5.74, 6) is -0.655. The third kappa shape index (κ3) is 1.57. The number of carbonyl (C=O) groups is 1. The Hall–Kier alpha value is -0.570. The highest BCUT2D eigenvalue weighted by atomic mass is 16.4. The molecule has 0 unspecified atom stereocenters. The number of hydrogen-bond acceptors (Lipinski definition) is 2. The Kier molecular flexibility index (Phi) is 2.06. The highest BCUT2D eigenvalue weighted by molar-refractivity contribution is 5.70. The van der Waals surface area contributed by atoms with E-state index >= 15 is 0 Å². The highest BCUT2D eigenvalue weighted by Gasteiger charge is 2.44. The fraction of sp³-hybridized carbons (Fsp3) is 0.900. The van der Waals surface area contributed by atoms with Crippen LogP contribution in [0.4, 0.5) is 0 Å². The van der Waals surface area contributed by atoms with Crippen LogP contribution in [0.2, 0.25) is 0 Å². The first-order valence-electron chi connectivity index (χ1n) is 5.03. The SMILES string of the molecule is CN1CC[C@@]2(CC[C@H](C(=O)O)C2)C1. The molecule has 0 bridgehead atoms. The predicted molar refractivity (Wildman–Crippen MR) is 49.5 cm³/mol. The monoisotopic (exact) mass is 183 g/mol. The summed E-state index contributed by atoms with van der Waals surface area (Å²) in [5.41, 5.74) is 0.359. The van der Waals surface area contributed by atoms with Gasteiger partial charge >= 0.3 is 5.97 Å². The van der Waals surface area contributed by atoms with Crippen molar-refractivity contribution < 1.29 is 9.90 Å². The number of aliphatic carboxylic acids is 1. The van der Waals surface area contributed by atoms with Crippen LogP contribution in [0.3, 0.4) is 0 Å². The van der Waals surface area contributed by atoms with Gasteiger partial charge in [-0.05, 0) is 44.7 Å². The van der Waals surface area contributed by atoms with Crippen LogP contribution in [0.25, 0.3) is 0 Å². The zero-order chi connectivity index (χ0) is 9.47. The fourth-order valence-corrected chi connectivity index (χ4v) is 2.95. The van der Waals surface area contributed by atoms with E-state index < -0.39 is 5.97 Å². The van der Waals surface area contributed by atoms with Gasteiger partial charge in [0.1, 0.15) is 0 Å². The van der Waals surface area contributed by atoms with E-state index in [1.54, 1.807) is 0 Å². The molecule has 1 saturated heterocycles. The molecular weight excluding hydrogens is 166 g/mol. The summed E-state index contributed by atoms with van der Waals surface area (Å²) in [4.78, 5) is 13.1. The van der Waals surface area contributed by atoms with Crippen LogP contribution >= 0.6 is 0 Å². The number of carboxylic acid groups (broad SMARTS) is 1. The Labute approximate surface area is 78.7 Å². The summed E-state index contributed by atoms with van der Waals surface area (Å²) in [6.45, 7) is 2.25. The molecule has 0 amide bonds.